The van der Waals surface area contributed by atoms with E-state index in [1.54, 1.807) is 0 Å². The van der Waals surface area contributed by atoms with Crippen LogP contribution in [-0.2, 0) is 13.7 Å². The van der Waals surface area contributed by atoms with E-state index in [1.165, 1.54) is 5.56 Å². The minimum absolute atomic E-state index is 0.0381. The number of aryl methyl sites for hydroxylation is 3. The number of hydrogen-bond donors (Lipinski definition) is 1. The standard InChI is InChI=1S/C15H21N3O/c1-10-5-6-14(12(3)16)15(7-10)19-9-13-8-11(2)17-18(13)4/h5-8,12H,9,16H2,1-4H3. The molecule has 2 rings (SSSR count). The van der Waals surface area contributed by atoms with Crippen molar-refractivity contribution in [3.05, 3.63) is 46.8 Å². The first kappa shape index (κ1) is 13.6. The van der Waals surface area contributed by atoms with E-state index in [2.05, 4.69) is 11.2 Å². The number of nitrogens with zero attached hydrogens (tertiary/aromatic N) is 2. The Morgan fingerprint density at radius 1 is 1.32 bits per heavy atom. The van der Waals surface area contributed by atoms with Crippen LogP contribution in [0, 0.1) is 13.8 Å². The van der Waals surface area contributed by atoms with E-state index in [0.29, 0.717) is 6.61 Å². The third kappa shape index (κ3) is 3.15. The Kier molecular flexibility index (Phi) is 3.90. The summed E-state index contributed by atoms with van der Waals surface area (Å²) in [6.45, 7) is 6.49. The first-order valence-electron chi connectivity index (χ1n) is 6.46. The zero-order chi connectivity index (χ0) is 14.0. The Bertz CT molecular complexity index is 573. The molecule has 1 unspecified atom stereocenters. The highest BCUT2D eigenvalue weighted by Gasteiger charge is 2.10. The van der Waals surface area contributed by atoms with Gasteiger partial charge in [0.15, 0.2) is 0 Å². The van der Waals surface area contributed by atoms with E-state index >= 15 is 0 Å². The van der Waals surface area contributed by atoms with Crippen LogP contribution < -0.4 is 10.5 Å². The fourth-order valence-electron chi connectivity index (χ4n) is 2.09. The number of hydrogen-bond acceptors (Lipinski definition) is 3. The Morgan fingerprint density at radius 2 is 2.05 bits per heavy atom. The lowest BCUT2D eigenvalue weighted by atomic mass is 10.1. The number of rotatable bonds is 4. The summed E-state index contributed by atoms with van der Waals surface area (Å²) in [6.07, 6.45) is 0. The molecule has 2 N–H and O–H groups in total. The molecule has 0 spiro atoms. The van der Waals surface area contributed by atoms with Gasteiger partial charge in [0.2, 0.25) is 0 Å². The van der Waals surface area contributed by atoms with Crippen molar-refractivity contribution in [2.45, 2.75) is 33.4 Å². The second-order valence-corrected chi connectivity index (χ2v) is 5.02. The summed E-state index contributed by atoms with van der Waals surface area (Å²) in [6, 6.07) is 8.11. The molecule has 0 saturated heterocycles. The van der Waals surface area contributed by atoms with Crippen LogP contribution in [0.3, 0.4) is 0 Å². The monoisotopic (exact) mass is 259 g/mol. The molecule has 0 amide bonds. The lowest BCUT2D eigenvalue weighted by molar-refractivity contribution is 0.290. The van der Waals surface area contributed by atoms with Crippen LogP contribution in [0.4, 0.5) is 0 Å². The molecule has 4 heteroatoms. The zero-order valence-electron chi connectivity index (χ0n) is 12.0. The summed E-state index contributed by atoms with van der Waals surface area (Å²) < 4.78 is 7.76. The van der Waals surface area contributed by atoms with Crippen LogP contribution in [0.1, 0.15) is 35.5 Å². The summed E-state index contributed by atoms with van der Waals surface area (Å²) in [4.78, 5) is 0. The highest BCUT2D eigenvalue weighted by Crippen LogP contribution is 2.26. The molecule has 1 aromatic heterocycles. The Hall–Kier alpha value is -1.81. The van der Waals surface area contributed by atoms with Crippen LogP contribution in [0.25, 0.3) is 0 Å². The smallest absolute Gasteiger partial charge is 0.130 e. The highest BCUT2D eigenvalue weighted by molar-refractivity contribution is 5.39. The van der Waals surface area contributed by atoms with Gasteiger partial charge < -0.3 is 10.5 Å². The van der Waals surface area contributed by atoms with Gasteiger partial charge in [-0.3, -0.25) is 4.68 Å². The molecular weight excluding hydrogens is 238 g/mol. The van der Waals surface area contributed by atoms with Crippen LogP contribution in [0.5, 0.6) is 5.75 Å². The van der Waals surface area contributed by atoms with Crippen LogP contribution >= 0.6 is 0 Å². The first-order chi connectivity index (χ1) is 8.97. The van der Waals surface area contributed by atoms with Crippen molar-refractivity contribution >= 4 is 0 Å². The van der Waals surface area contributed by atoms with Gasteiger partial charge in [0.25, 0.3) is 0 Å². The third-order valence-corrected chi connectivity index (χ3v) is 3.13. The molecule has 1 aromatic carbocycles. The van der Waals surface area contributed by atoms with Gasteiger partial charge in [-0.15, -0.1) is 0 Å². The molecule has 102 valence electrons. The van der Waals surface area contributed by atoms with E-state index in [1.807, 2.05) is 50.7 Å². The van der Waals surface area contributed by atoms with Crippen LogP contribution in [0.15, 0.2) is 24.3 Å². The summed E-state index contributed by atoms with van der Waals surface area (Å²) in [5.74, 6) is 0.855. The van der Waals surface area contributed by atoms with Gasteiger partial charge in [-0.25, -0.2) is 0 Å². The SMILES string of the molecule is Cc1ccc(C(C)N)c(OCc2cc(C)nn2C)c1. The van der Waals surface area contributed by atoms with E-state index in [9.17, 15) is 0 Å². The second kappa shape index (κ2) is 5.45. The predicted octanol–water partition coefficient (Wildman–Crippen LogP) is 2.64. The number of benzene rings is 1. The van der Waals surface area contributed by atoms with Crippen molar-refractivity contribution in [1.29, 1.82) is 0 Å². The largest absolute Gasteiger partial charge is 0.487 e. The average molecular weight is 259 g/mol. The molecule has 0 radical (unpaired) electrons. The third-order valence-electron chi connectivity index (χ3n) is 3.13. The summed E-state index contributed by atoms with van der Waals surface area (Å²) >= 11 is 0. The van der Waals surface area contributed by atoms with Gasteiger partial charge in [-0.2, -0.15) is 5.10 Å². The minimum atomic E-state index is -0.0381. The number of nitrogens with two attached hydrogens (primary N) is 1. The second-order valence-electron chi connectivity index (χ2n) is 5.02. The normalized spacial score (nSPS) is 12.5. The maximum absolute atomic E-state index is 5.97. The van der Waals surface area contributed by atoms with Gasteiger partial charge >= 0.3 is 0 Å². The molecule has 0 aliphatic carbocycles. The van der Waals surface area contributed by atoms with E-state index in [4.69, 9.17) is 10.5 Å². The molecule has 1 atom stereocenters. The highest BCUT2D eigenvalue weighted by atomic mass is 16.5. The van der Waals surface area contributed by atoms with Gasteiger partial charge in [-0.1, -0.05) is 12.1 Å². The molecule has 1 heterocycles. The fraction of sp³-hybridized carbons (Fsp3) is 0.400. The maximum atomic E-state index is 5.97. The van der Waals surface area contributed by atoms with Crippen molar-refractivity contribution in [1.82, 2.24) is 9.78 Å². The Balaban J connectivity index is 2.19. The molecule has 19 heavy (non-hydrogen) atoms. The fourth-order valence-corrected chi connectivity index (χ4v) is 2.09. The van der Waals surface area contributed by atoms with E-state index < -0.39 is 0 Å². The molecule has 2 aromatic rings. The van der Waals surface area contributed by atoms with Crippen molar-refractivity contribution < 1.29 is 4.74 Å². The molecule has 4 nitrogen and oxygen atoms in total. The molecular formula is C15H21N3O. The van der Waals surface area contributed by atoms with Crippen molar-refractivity contribution in [3.8, 4) is 5.75 Å². The molecule has 0 aliphatic heterocycles. The van der Waals surface area contributed by atoms with Crippen LogP contribution in [-0.4, -0.2) is 9.78 Å². The zero-order valence-corrected chi connectivity index (χ0v) is 12.0. The van der Waals surface area contributed by atoms with Gasteiger partial charge in [0, 0.05) is 18.7 Å². The van der Waals surface area contributed by atoms with E-state index in [-0.39, 0.29) is 6.04 Å². The summed E-state index contributed by atoms with van der Waals surface area (Å²) in [5.41, 5.74) is 10.2. The van der Waals surface area contributed by atoms with Gasteiger partial charge in [0.1, 0.15) is 12.4 Å². The minimum Gasteiger partial charge on any atom is -0.487 e. The number of ether oxygens (including phenoxy) is 1. The lowest BCUT2D eigenvalue weighted by Gasteiger charge is -2.14. The van der Waals surface area contributed by atoms with Crippen molar-refractivity contribution in [2.24, 2.45) is 12.8 Å². The topological polar surface area (TPSA) is 53.1 Å². The van der Waals surface area contributed by atoms with Crippen molar-refractivity contribution in [2.75, 3.05) is 0 Å². The molecule has 0 bridgehead atoms. The predicted molar refractivity (Wildman–Crippen MR) is 76.1 cm³/mol. The maximum Gasteiger partial charge on any atom is 0.130 e. The summed E-state index contributed by atoms with van der Waals surface area (Å²) in [7, 11) is 1.93. The number of aromatic nitrogens is 2. The quantitative estimate of drug-likeness (QED) is 0.918. The van der Waals surface area contributed by atoms with Crippen LogP contribution in [0.2, 0.25) is 0 Å². The Morgan fingerprint density at radius 3 is 2.63 bits per heavy atom. The van der Waals surface area contributed by atoms with Crippen molar-refractivity contribution in [3.63, 3.8) is 0 Å². The molecule has 0 aliphatic rings. The lowest BCUT2D eigenvalue weighted by Crippen LogP contribution is -2.09. The van der Waals surface area contributed by atoms with Gasteiger partial charge in [-0.05, 0) is 38.5 Å². The molecule has 0 fully saturated rings. The van der Waals surface area contributed by atoms with Gasteiger partial charge in [0.05, 0.1) is 11.4 Å². The first-order valence-corrected chi connectivity index (χ1v) is 6.46. The Labute approximate surface area is 114 Å². The summed E-state index contributed by atoms with van der Waals surface area (Å²) in [5, 5.41) is 4.31. The van der Waals surface area contributed by atoms with E-state index in [0.717, 1.165) is 22.7 Å². The molecule has 0 saturated carbocycles. The average Bonchev–Trinajstić information content (AvgIpc) is 2.65.